The van der Waals surface area contributed by atoms with Crippen molar-refractivity contribution in [2.45, 2.75) is 46.3 Å². The van der Waals surface area contributed by atoms with Gasteiger partial charge < -0.3 is 9.67 Å². The normalized spacial score (nSPS) is 12.9. The van der Waals surface area contributed by atoms with Crippen molar-refractivity contribution in [1.29, 1.82) is 0 Å². The van der Waals surface area contributed by atoms with E-state index in [-0.39, 0.29) is 0 Å². The molecule has 1 N–H and O–H groups in total. The summed E-state index contributed by atoms with van der Waals surface area (Å²) >= 11 is 1.68. The van der Waals surface area contributed by atoms with Crippen molar-refractivity contribution in [2.24, 2.45) is 0 Å². The number of aryl methyl sites for hydroxylation is 3. The smallest absolute Gasteiger partial charge is 0.111 e. The molecule has 1 unspecified atom stereocenters. The molecule has 4 heteroatoms. The van der Waals surface area contributed by atoms with Gasteiger partial charge in [0.2, 0.25) is 0 Å². The Morgan fingerprint density at radius 2 is 2.22 bits per heavy atom. The molecule has 98 valence electrons. The number of aliphatic hydroxyl groups is 1. The van der Waals surface area contributed by atoms with E-state index in [1.165, 1.54) is 10.4 Å². The molecular formula is C14H20N2OS. The average molecular weight is 264 g/mol. The minimum Gasteiger partial charge on any atom is -0.387 e. The number of imidazole rings is 1. The highest BCUT2D eigenvalue weighted by Gasteiger charge is 2.15. The van der Waals surface area contributed by atoms with Gasteiger partial charge in [0.15, 0.2) is 0 Å². The van der Waals surface area contributed by atoms with Crippen LogP contribution < -0.4 is 0 Å². The van der Waals surface area contributed by atoms with Crippen LogP contribution in [0.1, 0.15) is 40.6 Å². The summed E-state index contributed by atoms with van der Waals surface area (Å²) < 4.78 is 2.12. The fraction of sp³-hybridized carbons (Fsp3) is 0.500. The zero-order valence-electron chi connectivity index (χ0n) is 11.2. The number of aromatic nitrogens is 2. The SMILES string of the molecule is CCCn1ccnc1CC(O)c1cc(C)c(C)s1. The Labute approximate surface area is 112 Å². The fourth-order valence-electron chi connectivity index (χ4n) is 2.01. The maximum atomic E-state index is 10.3. The number of hydrogen-bond donors (Lipinski definition) is 1. The van der Waals surface area contributed by atoms with Crippen LogP contribution in [0.3, 0.4) is 0 Å². The summed E-state index contributed by atoms with van der Waals surface area (Å²) in [7, 11) is 0. The molecule has 2 rings (SSSR count). The number of aliphatic hydroxyl groups excluding tert-OH is 1. The number of nitrogens with zero attached hydrogens (tertiary/aromatic N) is 2. The quantitative estimate of drug-likeness (QED) is 0.900. The van der Waals surface area contributed by atoms with E-state index in [1.54, 1.807) is 11.3 Å². The highest BCUT2D eigenvalue weighted by Crippen LogP contribution is 2.28. The lowest BCUT2D eigenvalue weighted by Crippen LogP contribution is -2.08. The Balaban J connectivity index is 2.10. The minimum atomic E-state index is -0.444. The molecule has 0 aliphatic heterocycles. The largest absolute Gasteiger partial charge is 0.387 e. The molecule has 0 saturated heterocycles. The molecule has 2 heterocycles. The highest BCUT2D eigenvalue weighted by atomic mass is 32.1. The summed E-state index contributed by atoms with van der Waals surface area (Å²) in [5.74, 6) is 0.966. The average Bonchev–Trinajstić information content (AvgIpc) is 2.88. The van der Waals surface area contributed by atoms with Gasteiger partial charge in [-0.05, 0) is 31.9 Å². The van der Waals surface area contributed by atoms with Gasteiger partial charge in [-0.25, -0.2) is 4.98 Å². The summed E-state index contributed by atoms with van der Waals surface area (Å²) in [4.78, 5) is 6.65. The van der Waals surface area contributed by atoms with Crippen molar-refractivity contribution in [1.82, 2.24) is 9.55 Å². The Bertz CT molecular complexity index is 496. The van der Waals surface area contributed by atoms with Gasteiger partial charge in [-0.3, -0.25) is 0 Å². The van der Waals surface area contributed by atoms with Crippen molar-refractivity contribution in [3.05, 3.63) is 39.6 Å². The number of thiophene rings is 1. The van der Waals surface area contributed by atoms with Crippen LogP contribution in [0.2, 0.25) is 0 Å². The molecular weight excluding hydrogens is 244 g/mol. The van der Waals surface area contributed by atoms with Crippen LogP contribution in [0.15, 0.2) is 18.5 Å². The molecule has 18 heavy (non-hydrogen) atoms. The standard InChI is InChI=1S/C14H20N2OS/c1-4-6-16-7-5-15-14(16)9-12(17)13-8-10(2)11(3)18-13/h5,7-8,12,17H,4,6,9H2,1-3H3. The van der Waals surface area contributed by atoms with E-state index < -0.39 is 6.10 Å². The van der Waals surface area contributed by atoms with Gasteiger partial charge in [0, 0.05) is 35.1 Å². The molecule has 0 radical (unpaired) electrons. The number of rotatable bonds is 5. The summed E-state index contributed by atoms with van der Waals surface area (Å²) in [6.45, 7) is 7.28. The van der Waals surface area contributed by atoms with Crippen molar-refractivity contribution in [2.75, 3.05) is 0 Å². The molecule has 0 aromatic carbocycles. The van der Waals surface area contributed by atoms with Crippen LogP contribution in [0.25, 0.3) is 0 Å². The van der Waals surface area contributed by atoms with Crippen LogP contribution in [-0.2, 0) is 13.0 Å². The minimum absolute atomic E-state index is 0.444. The predicted octanol–water partition coefficient (Wildman–Crippen LogP) is 3.25. The lowest BCUT2D eigenvalue weighted by molar-refractivity contribution is 0.178. The van der Waals surface area contributed by atoms with Crippen LogP contribution in [-0.4, -0.2) is 14.7 Å². The molecule has 0 saturated carbocycles. The molecule has 0 fully saturated rings. The summed E-state index contributed by atoms with van der Waals surface area (Å²) in [5.41, 5.74) is 1.26. The first-order chi connectivity index (χ1) is 8.61. The Morgan fingerprint density at radius 3 is 2.83 bits per heavy atom. The molecule has 0 aliphatic carbocycles. The van der Waals surface area contributed by atoms with Gasteiger partial charge >= 0.3 is 0 Å². The zero-order chi connectivity index (χ0) is 13.1. The summed E-state index contributed by atoms with van der Waals surface area (Å²) in [5, 5.41) is 10.3. The van der Waals surface area contributed by atoms with E-state index in [4.69, 9.17) is 0 Å². The van der Waals surface area contributed by atoms with Crippen LogP contribution in [0.4, 0.5) is 0 Å². The first-order valence-electron chi connectivity index (χ1n) is 6.36. The van der Waals surface area contributed by atoms with E-state index in [1.807, 2.05) is 12.4 Å². The van der Waals surface area contributed by atoms with Crippen molar-refractivity contribution >= 4 is 11.3 Å². The van der Waals surface area contributed by atoms with Gasteiger partial charge in [0.25, 0.3) is 0 Å². The lowest BCUT2D eigenvalue weighted by atomic mass is 10.2. The number of hydrogen-bond acceptors (Lipinski definition) is 3. The van der Waals surface area contributed by atoms with Crippen molar-refractivity contribution in [3.8, 4) is 0 Å². The van der Waals surface area contributed by atoms with Gasteiger partial charge in [-0.2, -0.15) is 0 Å². The first-order valence-corrected chi connectivity index (χ1v) is 7.18. The third-order valence-corrected chi connectivity index (χ3v) is 4.41. The van der Waals surface area contributed by atoms with Gasteiger partial charge in [-0.15, -0.1) is 11.3 Å². The van der Waals surface area contributed by atoms with E-state index in [2.05, 4.69) is 36.4 Å². The topological polar surface area (TPSA) is 38.0 Å². The first kappa shape index (κ1) is 13.3. The Hall–Kier alpha value is -1.13. The Kier molecular flexibility index (Phi) is 4.19. The van der Waals surface area contributed by atoms with E-state index in [9.17, 15) is 5.11 Å². The van der Waals surface area contributed by atoms with Crippen LogP contribution in [0.5, 0.6) is 0 Å². The zero-order valence-corrected chi connectivity index (χ0v) is 12.0. The van der Waals surface area contributed by atoms with Gasteiger partial charge in [0.05, 0.1) is 6.10 Å². The monoisotopic (exact) mass is 264 g/mol. The van der Waals surface area contributed by atoms with Crippen molar-refractivity contribution in [3.63, 3.8) is 0 Å². The Morgan fingerprint density at radius 1 is 1.44 bits per heavy atom. The van der Waals surface area contributed by atoms with Crippen molar-refractivity contribution < 1.29 is 5.11 Å². The molecule has 1 atom stereocenters. The second-order valence-electron chi connectivity index (χ2n) is 4.64. The molecule has 0 amide bonds. The fourth-order valence-corrected chi connectivity index (χ4v) is 3.04. The summed E-state index contributed by atoms with van der Waals surface area (Å²) in [6.07, 6.45) is 5.02. The molecule has 2 aromatic rings. The highest BCUT2D eigenvalue weighted by molar-refractivity contribution is 7.12. The van der Waals surface area contributed by atoms with Gasteiger partial charge in [-0.1, -0.05) is 6.92 Å². The van der Waals surface area contributed by atoms with Gasteiger partial charge in [0.1, 0.15) is 5.82 Å². The second-order valence-corrected chi connectivity index (χ2v) is 5.93. The molecule has 2 aromatic heterocycles. The van der Waals surface area contributed by atoms with E-state index >= 15 is 0 Å². The summed E-state index contributed by atoms with van der Waals surface area (Å²) in [6, 6.07) is 2.08. The third kappa shape index (κ3) is 2.82. The lowest BCUT2D eigenvalue weighted by Gasteiger charge is -2.10. The van der Waals surface area contributed by atoms with Crippen LogP contribution >= 0.6 is 11.3 Å². The molecule has 0 spiro atoms. The third-order valence-electron chi connectivity index (χ3n) is 3.16. The molecule has 0 aliphatic rings. The van der Waals surface area contributed by atoms with E-state index in [0.29, 0.717) is 6.42 Å². The molecule has 0 bridgehead atoms. The maximum absolute atomic E-state index is 10.3. The van der Waals surface area contributed by atoms with E-state index in [0.717, 1.165) is 23.7 Å². The maximum Gasteiger partial charge on any atom is 0.111 e. The second kappa shape index (κ2) is 5.67. The molecule has 3 nitrogen and oxygen atoms in total. The predicted molar refractivity (Wildman–Crippen MR) is 75.0 cm³/mol. The van der Waals surface area contributed by atoms with Crippen LogP contribution in [0, 0.1) is 13.8 Å².